The zero-order chi connectivity index (χ0) is 23.2. The van der Waals surface area contributed by atoms with Crippen molar-refractivity contribution in [3.05, 3.63) is 65.2 Å². The number of nitriles is 1. The lowest BCUT2D eigenvalue weighted by Crippen LogP contribution is -2.43. The summed E-state index contributed by atoms with van der Waals surface area (Å²) in [5, 5.41) is 26.9. The Kier molecular flexibility index (Phi) is 7.55. The lowest BCUT2D eigenvalue weighted by Gasteiger charge is -2.32. The molecular formula is C26H33N3O3. The van der Waals surface area contributed by atoms with Gasteiger partial charge < -0.3 is 20.5 Å². The van der Waals surface area contributed by atoms with Gasteiger partial charge in [0.05, 0.1) is 22.8 Å². The van der Waals surface area contributed by atoms with E-state index in [1.165, 1.54) is 0 Å². The highest BCUT2D eigenvalue weighted by atomic mass is 16.6. The van der Waals surface area contributed by atoms with Gasteiger partial charge in [-0.05, 0) is 88.5 Å². The fourth-order valence-corrected chi connectivity index (χ4v) is 4.00. The molecule has 2 aromatic carbocycles. The highest BCUT2D eigenvalue weighted by Gasteiger charge is 2.38. The summed E-state index contributed by atoms with van der Waals surface area (Å²) in [5.41, 5.74) is 1.94. The maximum Gasteiger partial charge on any atom is 0.338 e. The predicted octanol–water partition coefficient (Wildman–Crippen LogP) is 3.90. The zero-order valence-corrected chi connectivity index (χ0v) is 19.1. The van der Waals surface area contributed by atoms with Crippen molar-refractivity contribution in [2.45, 2.75) is 51.2 Å². The van der Waals surface area contributed by atoms with Crippen molar-refractivity contribution < 1.29 is 14.6 Å². The Labute approximate surface area is 190 Å². The molecule has 0 aliphatic carbocycles. The monoisotopic (exact) mass is 435 g/mol. The molecule has 3 N–H and O–H groups in total. The van der Waals surface area contributed by atoms with Crippen LogP contribution in [0.3, 0.4) is 0 Å². The molecule has 2 aromatic rings. The minimum absolute atomic E-state index is 0.0543. The van der Waals surface area contributed by atoms with Gasteiger partial charge in [0.2, 0.25) is 0 Å². The number of ether oxygens (including phenoxy) is 1. The number of hydrogen-bond acceptors (Lipinski definition) is 6. The third kappa shape index (κ3) is 6.56. The summed E-state index contributed by atoms with van der Waals surface area (Å²) in [6.45, 7) is 7.57. The summed E-state index contributed by atoms with van der Waals surface area (Å²) in [6, 6.07) is 17.0. The summed E-state index contributed by atoms with van der Waals surface area (Å²) >= 11 is 0. The lowest BCUT2D eigenvalue weighted by molar-refractivity contribution is 0.00208. The maximum absolute atomic E-state index is 12.2. The number of nitrogens with one attached hydrogen (secondary N) is 2. The molecule has 1 fully saturated rings. The number of hydrogen-bond donors (Lipinski definition) is 3. The quantitative estimate of drug-likeness (QED) is 0.545. The van der Waals surface area contributed by atoms with Gasteiger partial charge >= 0.3 is 5.97 Å². The topological polar surface area (TPSA) is 94.4 Å². The third-order valence-corrected chi connectivity index (χ3v) is 5.86. The lowest BCUT2D eigenvalue weighted by atomic mass is 9.82. The minimum Gasteiger partial charge on any atom is -0.456 e. The molecule has 170 valence electrons. The van der Waals surface area contributed by atoms with Crippen LogP contribution in [0.4, 0.5) is 5.69 Å². The molecule has 1 saturated heterocycles. The van der Waals surface area contributed by atoms with E-state index < -0.39 is 11.2 Å². The first-order valence-corrected chi connectivity index (χ1v) is 11.2. The van der Waals surface area contributed by atoms with E-state index in [4.69, 9.17) is 10.00 Å². The second-order valence-electron chi connectivity index (χ2n) is 9.53. The number of aryl methyl sites for hydroxylation is 1. The highest BCUT2D eigenvalue weighted by Crippen LogP contribution is 2.29. The number of esters is 1. The van der Waals surface area contributed by atoms with Gasteiger partial charge in [0.15, 0.2) is 0 Å². The van der Waals surface area contributed by atoms with Crippen LogP contribution in [0, 0.1) is 17.2 Å². The van der Waals surface area contributed by atoms with Crippen LogP contribution < -0.4 is 10.6 Å². The molecule has 3 rings (SSSR count). The van der Waals surface area contributed by atoms with Crippen LogP contribution in [0.2, 0.25) is 0 Å². The van der Waals surface area contributed by atoms with Gasteiger partial charge in [-0.1, -0.05) is 12.1 Å². The molecular weight excluding hydrogens is 402 g/mol. The van der Waals surface area contributed by atoms with Crippen molar-refractivity contribution >= 4 is 11.7 Å². The molecule has 0 saturated carbocycles. The average Bonchev–Trinajstić information content (AvgIpc) is 3.20. The highest BCUT2D eigenvalue weighted by molar-refractivity contribution is 5.90. The fraction of sp³-hybridized carbons (Fsp3) is 0.462. The van der Waals surface area contributed by atoms with Gasteiger partial charge in [-0.15, -0.1) is 0 Å². The van der Waals surface area contributed by atoms with Crippen LogP contribution in [0.5, 0.6) is 0 Å². The van der Waals surface area contributed by atoms with Crippen molar-refractivity contribution in [2.24, 2.45) is 5.92 Å². The summed E-state index contributed by atoms with van der Waals surface area (Å²) in [5.74, 6) is -0.283. The Bertz CT molecular complexity index is 934. The van der Waals surface area contributed by atoms with Crippen LogP contribution >= 0.6 is 0 Å². The Morgan fingerprint density at radius 3 is 2.47 bits per heavy atom. The van der Waals surface area contributed by atoms with E-state index in [0.29, 0.717) is 24.2 Å². The molecule has 0 spiro atoms. The molecule has 1 aliphatic heterocycles. The second kappa shape index (κ2) is 10.2. The SMILES string of the molecule is CC(C)(C)OC(=O)c1ccc(NCC(CCc2ccc(C#N)cc2)C2(O)CCNC2)cc1. The van der Waals surface area contributed by atoms with Gasteiger partial charge in [0, 0.05) is 24.7 Å². The summed E-state index contributed by atoms with van der Waals surface area (Å²) in [6.07, 6.45) is 2.38. The van der Waals surface area contributed by atoms with E-state index in [-0.39, 0.29) is 11.9 Å². The van der Waals surface area contributed by atoms with Crippen LogP contribution in [-0.2, 0) is 11.2 Å². The zero-order valence-electron chi connectivity index (χ0n) is 19.1. The van der Waals surface area contributed by atoms with Crippen molar-refractivity contribution in [1.82, 2.24) is 5.32 Å². The summed E-state index contributed by atoms with van der Waals surface area (Å²) in [7, 11) is 0. The Morgan fingerprint density at radius 2 is 1.91 bits per heavy atom. The van der Waals surface area contributed by atoms with E-state index in [2.05, 4.69) is 16.7 Å². The Hall–Kier alpha value is -2.88. The van der Waals surface area contributed by atoms with E-state index in [1.54, 1.807) is 12.1 Å². The number of β-amino-alcohol motifs (C(OH)–C–C–N with tert-alkyl or cyclic N) is 1. The van der Waals surface area contributed by atoms with E-state index in [0.717, 1.165) is 37.1 Å². The molecule has 2 atom stereocenters. The van der Waals surface area contributed by atoms with Gasteiger partial charge in [0.25, 0.3) is 0 Å². The Morgan fingerprint density at radius 1 is 1.22 bits per heavy atom. The maximum atomic E-state index is 12.2. The standard InChI is InChI=1S/C26H33N3O3/c1-25(2,3)32-24(30)21-9-12-23(13-10-21)29-17-22(26(31)14-15-28-18-26)11-8-19-4-6-20(16-27)7-5-19/h4-7,9-10,12-13,22,28-29,31H,8,11,14-15,17-18H2,1-3H3. The summed E-state index contributed by atoms with van der Waals surface area (Å²) < 4.78 is 5.41. The second-order valence-corrected chi connectivity index (χ2v) is 9.53. The van der Waals surface area contributed by atoms with Gasteiger partial charge in [-0.25, -0.2) is 4.79 Å². The van der Waals surface area contributed by atoms with E-state index >= 15 is 0 Å². The van der Waals surface area contributed by atoms with Gasteiger partial charge in [0.1, 0.15) is 5.60 Å². The van der Waals surface area contributed by atoms with Crippen molar-refractivity contribution in [2.75, 3.05) is 25.0 Å². The number of carbonyl (C=O) groups excluding carboxylic acids is 1. The van der Waals surface area contributed by atoms with Crippen molar-refractivity contribution in [3.8, 4) is 6.07 Å². The Balaban J connectivity index is 1.62. The average molecular weight is 436 g/mol. The van der Waals surface area contributed by atoms with Crippen molar-refractivity contribution in [3.63, 3.8) is 0 Å². The molecule has 0 aromatic heterocycles. The van der Waals surface area contributed by atoms with Crippen LogP contribution in [0.15, 0.2) is 48.5 Å². The number of anilines is 1. The first-order valence-electron chi connectivity index (χ1n) is 11.2. The fourth-order valence-electron chi connectivity index (χ4n) is 4.00. The first kappa shape index (κ1) is 23.8. The molecule has 0 radical (unpaired) electrons. The molecule has 32 heavy (non-hydrogen) atoms. The van der Waals surface area contributed by atoms with Crippen LogP contribution in [0.1, 0.15) is 55.1 Å². The van der Waals surface area contributed by atoms with Crippen LogP contribution in [0.25, 0.3) is 0 Å². The first-order chi connectivity index (χ1) is 15.2. The molecule has 0 bridgehead atoms. The largest absolute Gasteiger partial charge is 0.456 e. The molecule has 1 heterocycles. The molecule has 6 nitrogen and oxygen atoms in total. The molecule has 6 heteroatoms. The number of rotatable bonds is 8. The molecule has 2 unspecified atom stereocenters. The number of carbonyl (C=O) groups is 1. The number of benzene rings is 2. The van der Waals surface area contributed by atoms with Gasteiger partial charge in [-0.2, -0.15) is 5.26 Å². The normalized spacial score (nSPS) is 19.2. The van der Waals surface area contributed by atoms with Crippen molar-refractivity contribution in [1.29, 1.82) is 5.26 Å². The van der Waals surface area contributed by atoms with E-state index in [9.17, 15) is 9.90 Å². The third-order valence-electron chi connectivity index (χ3n) is 5.86. The van der Waals surface area contributed by atoms with E-state index in [1.807, 2.05) is 57.2 Å². The van der Waals surface area contributed by atoms with Crippen LogP contribution in [-0.4, -0.2) is 41.9 Å². The summed E-state index contributed by atoms with van der Waals surface area (Å²) in [4.78, 5) is 12.2. The predicted molar refractivity (Wildman–Crippen MR) is 126 cm³/mol. The minimum atomic E-state index is -0.754. The molecule has 0 amide bonds. The molecule has 1 aliphatic rings. The smallest absolute Gasteiger partial charge is 0.338 e. The number of nitrogens with zero attached hydrogens (tertiary/aromatic N) is 1. The number of aliphatic hydroxyl groups is 1. The van der Waals surface area contributed by atoms with Gasteiger partial charge in [-0.3, -0.25) is 0 Å².